The average Bonchev–Trinajstić information content (AvgIpc) is 3.15. The summed E-state index contributed by atoms with van der Waals surface area (Å²) < 4.78 is 5.52. The van der Waals surface area contributed by atoms with Crippen LogP contribution in [0.1, 0.15) is 16.7 Å². The van der Waals surface area contributed by atoms with E-state index in [2.05, 4.69) is 60.7 Å². The Labute approximate surface area is 291 Å². The minimum Gasteiger partial charge on any atom is -0.378 e. The topological polar surface area (TPSA) is 213 Å². The third kappa shape index (κ3) is 10.4. The van der Waals surface area contributed by atoms with Gasteiger partial charge in [0.25, 0.3) is 0 Å². The Bertz CT molecular complexity index is 1920. The van der Waals surface area contributed by atoms with E-state index in [0.29, 0.717) is 83.7 Å². The quantitative estimate of drug-likeness (QED) is 0.0400. The van der Waals surface area contributed by atoms with Gasteiger partial charge in [-0.3, -0.25) is 15.8 Å². The summed E-state index contributed by atoms with van der Waals surface area (Å²) in [5.41, 5.74) is 5.86. The Hall–Kier alpha value is -5.79. The number of anilines is 5. The lowest BCUT2D eigenvalue weighted by Crippen LogP contribution is -2.37. The second-order valence-electron chi connectivity index (χ2n) is 11.1. The van der Waals surface area contributed by atoms with Crippen molar-refractivity contribution in [2.75, 3.05) is 41.8 Å². The number of benzene rings is 4. The monoisotopic (exact) mass is 694 g/mol. The van der Waals surface area contributed by atoms with Crippen LogP contribution in [-0.2, 0) is 39.2 Å². The SMILES string of the molecule is OOCc1cccc(N=Nc2ccc(Nc3nc(Nc4ccc(N=Nc5cc(COO)cc(COO)c5)cc4)nc(N4CCOCC4)n3)cc2)c1. The smallest absolute Gasteiger partial charge is 0.233 e. The molecule has 17 nitrogen and oxygen atoms in total. The molecule has 0 spiro atoms. The van der Waals surface area contributed by atoms with Crippen molar-refractivity contribution in [3.8, 4) is 0 Å². The molecule has 0 amide bonds. The molecule has 0 atom stereocenters. The van der Waals surface area contributed by atoms with Crippen LogP contribution >= 0.6 is 0 Å². The van der Waals surface area contributed by atoms with Crippen LogP contribution in [0.3, 0.4) is 0 Å². The molecule has 0 aliphatic carbocycles. The van der Waals surface area contributed by atoms with Gasteiger partial charge in [-0.15, -0.1) is 0 Å². The Morgan fingerprint density at radius 3 is 1.61 bits per heavy atom. The molecule has 5 N–H and O–H groups in total. The second-order valence-corrected chi connectivity index (χ2v) is 11.1. The Morgan fingerprint density at radius 1 is 0.569 bits per heavy atom. The molecule has 0 radical (unpaired) electrons. The normalized spacial score (nSPS) is 13.3. The summed E-state index contributed by atoms with van der Waals surface area (Å²) in [5.74, 6) is 1.18. The summed E-state index contributed by atoms with van der Waals surface area (Å²) >= 11 is 0. The van der Waals surface area contributed by atoms with E-state index in [0.717, 1.165) is 11.3 Å². The summed E-state index contributed by atoms with van der Waals surface area (Å²) in [7, 11) is 0. The molecule has 5 aromatic rings. The zero-order valence-corrected chi connectivity index (χ0v) is 27.2. The first-order chi connectivity index (χ1) is 25.1. The second kappa shape index (κ2) is 17.7. The molecule has 1 aromatic heterocycles. The molecular formula is C34H34N10O7. The molecular weight excluding hydrogens is 660 g/mol. The highest BCUT2D eigenvalue weighted by molar-refractivity contribution is 5.62. The fourth-order valence-electron chi connectivity index (χ4n) is 4.99. The summed E-state index contributed by atoms with van der Waals surface area (Å²) in [5, 5.41) is 50.0. The van der Waals surface area contributed by atoms with E-state index in [1.807, 2.05) is 59.5 Å². The minimum atomic E-state index is -0.0522. The molecule has 2 heterocycles. The van der Waals surface area contributed by atoms with Gasteiger partial charge in [-0.05, 0) is 89.5 Å². The first-order valence-corrected chi connectivity index (χ1v) is 15.7. The summed E-state index contributed by atoms with van der Waals surface area (Å²) in [6, 6.07) is 26.9. The van der Waals surface area contributed by atoms with Crippen molar-refractivity contribution in [2.45, 2.75) is 19.8 Å². The van der Waals surface area contributed by atoms with Crippen molar-refractivity contribution in [3.63, 3.8) is 0 Å². The molecule has 0 bridgehead atoms. The number of morpholine rings is 1. The van der Waals surface area contributed by atoms with Gasteiger partial charge in [0.05, 0.1) is 36.0 Å². The van der Waals surface area contributed by atoms with Crippen LogP contribution in [0.5, 0.6) is 0 Å². The van der Waals surface area contributed by atoms with Crippen LogP contribution in [0.2, 0.25) is 0 Å². The van der Waals surface area contributed by atoms with Gasteiger partial charge in [-0.25, -0.2) is 14.7 Å². The van der Waals surface area contributed by atoms with Crippen molar-refractivity contribution in [2.24, 2.45) is 20.5 Å². The number of nitrogens with zero attached hydrogens (tertiary/aromatic N) is 8. The van der Waals surface area contributed by atoms with Gasteiger partial charge in [-0.2, -0.15) is 35.4 Å². The van der Waals surface area contributed by atoms with Crippen LogP contribution in [0, 0.1) is 0 Å². The van der Waals surface area contributed by atoms with Gasteiger partial charge < -0.3 is 20.3 Å². The first-order valence-electron chi connectivity index (χ1n) is 15.7. The molecule has 0 saturated carbocycles. The number of ether oxygens (including phenoxy) is 1. The predicted octanol–water partition coefficient (Wildman–Crippen LogP) is 8.00. The number of azo groups is 2. The molecule has 17 heteroatoms. The van der Waals surface area contributed by atoms with E-state index in [1.54, 1.807) is 36.4 Å². The van der Waals surface area contributed by atoms with E-state index in [-0.39, 0.29) is 19.8 Å². The van der Waals surface area contributed by atoms with E-state index >= 15 is 0 Å². The number of hydrogen-bond donors (Lipinski definition) is 5. The molecule has 1 fully saturated rings. The molecule has 1 aliphatic rings. The highest BCUT2D eigenvalue weighted by Gasteiger charge is 2.17. The number of rotatable bonds is 15. The van der Waals surface area contributed by atoms with Crippen LogP contribution in [-0.4, -0.2) is 57.0 Å². The van der Waals surface area contributed by atoms with Crippen LogP contribution in [0.15, 0.2) is 111 Å². The molecule has 6 rings (SSSR count). The zero-order valence-electron chi connectivity index (χ0n) is 27.2. The maximum Gasteiger partial charge on any atom is 0.233 e. The number of nitrogens with one attached hydrogen (secondary N) is 2. The van der Waals surface area contributed by atoms with Gasteiger partial charge in [0.2, 0.25) is 17.8 Å². The Morgan fingerprint density at radius 2 is 1.06 bits per heavy atom. The van der Waals surface area contributed by atoms with E-state index in [9.17, 15) is 0 Å². The molecule has 4 aromatic carbocycles. The maximum absolute atomic E-state index is 8.83. The lowest BCUT2D eigenvalue weighted by atomic mass is 10.1. The van der Waals surface area contributed by atoms with Crippen molar-refractivity contribution < 1.29 is 35.2 Å². The third-order valence-corrected chi connectivity index (χ3v) is 7.37. The van der Waals surface area contributed by atoms with Crippen LogP contribution in [0.25, 0.3) is 0 Å². The highest BCUT2D eigenvalue weighted by Crippen LogP contribution is 2.27. The van der Waals surface area contributed by atoms with E-state index in [1.165, 1.54) is 0 Å². The van der Waals surface area contributed by atoms with Gasteiger partial charge in [-0.1, -0.05) is 18.2 Å². The van der Waals surface area contributed by atoms with Crippen molar-refractivity contribution in [1.29, 1.82) is 0 Å². The predicted molar refractivity (Wildman–Crippen MR) is 186 cm³/mol. The highest BCUT2D eigenvalue weighted by atomic mass is 17.1. The van der Waals surface area contributed by atoms with Gasteiger partial charge in [0.15, 0.2) is 0 Å². The largest absolute Gasteiger partial charge is 0.378 e. The maximum atomic E-state index is 8.83. The van der Waals surface area contributed by atoms with Crippen molar-refractivity contribution >= 4 is 52.0 Å². The molecule has 1 saturated heterocycles. The molecule has 262 valence electrons. The summed E-state index contributed by atoms with van der Waals surface area (Å²) in [4.78, 5) is 28.7. The molecule has 0 unspecified atom stereocenters. The van der Waals surface area contributed by atoms with E-state index in [4.69, 9.17) is 20.5 Å². The molecule has 51 heavy (non-hydrogen) atoms. The fourth-order valence-corrected chi connectivity index (χ4v) is 4.99. The lowest BCUT2D eigenvalue weighted by molar-refractivity contribution is -0.254. The average molecular weight is 695 g/mol. The number of hydrogen-bond acceptors (Lipinski definition) is 17. The third-order valence-electron chi connectivity index (χ3n) is 7.37. The van der Waals surface area contributed by atoms with Crippen molar-refractivity contribution in [3.05, 3.63) is 108 Å². The standard InChI is InChI=1S/C34H34N10O7/c45-49-20-23-2-1-3-30(17-23)42-40-28-8-4-26(5-9-28)35-32-37-33(39-34(38-32)44-12-14-48-15-13-44)36-27-6-10-29(11-7-27)41-43-31-18-24(21-50-46)16-25(19-31)22-51-47/h1-11,16-19,45-47H,12-15,20-22H2,(H2,35,36,37,38,39). The number of aromatic nitrogens is 3. The van der Waals surface area contributed by atoms with E-state index < -0.39 is 0 Å². The Kier molecular flexibility index (Phi) is 12.2. The Balaban J connectivity index is 1.15. The van der Waals surface area contributed by atoms with Crippen LogP contribution in [0.4, 0.5) is 52.0 Å². The van der Waals surface area contributed by atoms with Gasteiger partial charge in [0, 0.05) is 24.5 Å². The zero-order chi connectivity index (χ0) is 35.3. The summed E-state index contributed by atoms with van der Waals surface area (Å²) in [6.45, 7) is 2.38. The van der Waals surface area contributed by atoms with Crippen LogP contribution < -0.4 is 15.5 Å². The summed E-state index contributed by atoms with van der Waals surface area (Å²) in [6.07, 6.45) is 0. The van der Waals surface area contributed by atoms with Gasteiger partial charge >= 0.3 is 0 Å². The fraction of sp³-hybridized carbons (Fsp3) is 0.206. The van der Waals surface area contributed by atoms with Crippen molar-refractivity contribution in [1.82, 2.24) is 15.0 Å². The van der Waals surface area contributed by atoms with Gasteiger partial charge in [0.1, 0.15) is 19.8 Å². The minimum absolute atomic E-state index is 0.0522. The lowest BCUT2D eigenvalue weighted by Gasteiger charge is -2.27. The molecule has 1 aliphatic heterocycles. The first kappa shape index (κ1) is 35.1.